The van der Waals surface area contributed by atoms with E-state index in [-0.39, 0.29) is 11.9 Å². The van der Waals surface area contributed by atoms with Gasteiger partial charge in [-0.2, -0.15) is 0 Å². The van der Waals surface area contributed by atoms with Crippen LogP contribution in [-0.4, -0.2) is 50.4 Å². The Morgan fingerprint density at radius 3 is 3.19 bits per heavy atom. The minimum atomic E-state index is -0.231. The molecular weight excluding hydrogens is 271 g/mol. The van der Waals surface area contributed by atoms with Gasteiger partial charge in [0.2, 0.25) is 0 Å². The Balaban J connectivity index is 1.45. The average Bonchev–Trinajstić information content (AvgIpc) is 2.96. The van der Waals surface area contributed by atoms with Gasteiger partial charge in [0.25, 0.3) is 0 Å². The molecule has 0 spiro atoms. The molecule has 4 nitrogen and oxygen atoms in total. The quantitative estimate of drug-likeness (QED) is 0.898. The van der Waals surface area contributed by atoms with Crippen LogP contribution in [0.15, 0.2) is 18.2 Å². The van der Waals surface area contributed by atoms with Crippen molar-refractivity contribution >= 4 is 0 Å². The van der Waals surface area contributed by atoms with E-state index in [2.05, 4.69) is 10.2 Å². The summed E-state index contributed by atoms with van der Waals surface area (Å²) >= 11 is 0. The molecule has 3 rings (SSSR count). The summed E-state index contributed by atoms with van der Waals surface area (Å²) in [6, 6.07) is 5.59. The lowest BCUT2D eigenvalue weighted by Crippen LogP contribution is -2.49. The van der Waals surface area contributed by atoms with Gasteiger partial charge in [-0.1, -0.05) is 6.07 Å². The van der Waals surface area contributed by atoms with E-state index in [9.17, 15) is 4.39 Å². The highest BCUT2D eigenvalue weighted by molar-refractivity contribution is 5.28. The number of methoxy groups -OCH3 is 1. The SMILES string of the molecule is COc1ccc(CNCC2CN3CCCC3CO2)c(F)c1. The maximum atomic E-state index is 13.8. The number of rotatable bonds is 5. The van der Waals surface area contributed by atoms with Crippen molar-refractivity contribution in [3.05, 3.63) is 29.6 Å². The second-order valence-corrected chi connectivity index (χ2v) is 5.83. The monoisotopic (exact) mass is 294 g/mol. The maximum Gasteiger partial charge on any atom is 0.131 e. The molecule has 2 saturated heterocycles. The minimum absolute atomic E-state index is 0.209. The predicted molar refractivity (Wildman–Crippen MR) is 79.0 cm³/mol. The van der Waals surface area contributed by atoms with Crippen LogP contribution in [0, 0.1) is 5.82 Å². The molecule has 2 heterocycles. The van der Waals surface area contributed by atoms with Gasteiger partial charge in [0, 0.05) is 37.3 Å². The standard InChI is InChI=1S/C16H23FN2O2/c1-20-14-5-4-12(16(17)7-14)8-18-9-15-10-19-6-2-3-13(19)11-21-15/h4-5,7,13,15,18H,2-3,6,8-11H2,1H3. The van der Waals surface area contributed by atoms with Gasteiger partial charge in [0.15, 0.2) is 0 Å². The number of nitrogens with zero attached hydrogens (tertiary/aromatic N) is 1. The Kier molecular flexibility index (Phi) is 4.73. The minimum Gasteiger partial charge on any atom is -0.497 e. The first kappa shape index (κ1) is 14.8. The van der Waals surface area contributed by atoms with Crippen LogP contribution in [0.3, 0.4) is 0 Å². The summed E-state index contributed by atoms with van der Waals surface area (Å²) < 4.78 is 24.7. The number of fused-ring (bicyclic) bond motifs is 1. The fourth-order valence-corrected chi connectivity index (χ4v) is 3.18. The lowest BCUT2D eigenvalue weighted by Gasteiger charge is -2.35. The van der Waals surface area contributed by atoms with Crippen molar-refractivity contribution in [2.24, 2.45) is 0 Å². The van der Waals surface area contributed by atoms with Gasteiger partial charge in [0.05, 0.1) is 19.8 Å². The predicted octanol–water partition coefficient (Wildman–Crippen LogP) is 1.79. The van der Waals surface area contributed by atoms with E-state index in [1.807, 2.05) is 0 Å². The highest BCUT2D eigenvalue weighted by atomic mass is 19.1. The van der Waals surface area contributed by atoms with Crippen molar-refractivity contribution in [2.45, 2.75) is 31.5 Å². The zero-order valence-corrected chi connectivity index (χ0v) is 12.5. The molecule has 116 valence electrons. The first-order valence-corrected chi connectivity index (χ1v) is 7.65. The Morgan fingerprint density at radius 1 is 1.48 bits per heavy atom. The van der Waals surface area contributed by atoms with Crippen molar-refractivity contribution in [1.82, 2.24) is 10.2 Å². The second kappa shape index (κ2) is 6.73. The molecule has 1 aromatic rings. The number of hydrogen-bond donors (Lipinski definition) is 1. The lowest BCUT2D eigenvalue weighted by atomic mass is 10.1. The Bertz CT molecular complexity index is 483. The molecule has 21 heavy (non-hydrogen) atoms. The van der Waals surface area contributed by atoms with E-state index < -0.39 is 0 Å². The molecule has 0 aromatic heterocycles. The first-order chi connectivity index (χ1) is 10.3. The van der Waals surface area contributed by atoms with Crippen LogP contribution in [0.2, 0.25) is 0 Å². The van der Waals surface area contributed by atoms with Gasteiger partial charge in [-0.3, -0.25) is 4.90 Å². The van der Waals surface area contributed by atoms with E-state index in [0.29, 0.717) is 23.9 Å². The van der Waals surface area contributed by atoms with Crippen LogP contribution in [0.25, 0.3) is 0 Å². The zero-order chi connectivity index (χ0) is 14.7. The maximum absolute atomic E-state index is 13.8. The van der Waals surface area contributed by atoms with Crippen molar-refractivity contribution in [2.75, 3.05) is 33.4 Å². The van der Waals surface area contributed by atoms with Crippen LogP contribution in [0.5, 0.6) is 5.75 Å². The van der Waals surface area contributed by atoms with Gasteiger partial charge in [-0.25, -0.2) is 4.39 Å². The summed E-state index contributed by atoms with van der Waals surface area (Å²) in [6.07, 6.45) is 2.75. The molecule has 0 aliphatic carbocycles. The molecular formula is C16H23FN2O2. The highest BCUT2D eigenvalue weighted by Crippen LogP contribution is 2.22. The third-order valence-corrected chi connectivity index (χ3v) is 4.41. The first-order valence-electron chi connectivity index (χ1n) is 7.65. The summed E-state index contributed by atoms with van der Waals surface area (Å²) in [5, 5.41) is 3.30. The van der Waals surface area contributed by atoms with Gasteiger partial charge in [-0.15, -0.1) is 0 Å². The van der Waals surface area contributed by atoms with E-state index >= 15 is 0 Å². The molecule has 2 aliphatic heterocycles. The average molecular weight is 294 g/mol. The summed E-state index contributed by atoms with van der Waals surface area (Å²) in [4.78, 5) is 2.52. The Labute approximate surface area is 125 Å². The van der Waals surface area contributed by atoms with E-state index in [4.69, 9.17) is 9.47 Å². The molecule has 1 aromatic carbocycles. The molecule has 2 aliphatic rings. The van der Waals surface area contributed by atoms with Gasteiger partial charge in [0.1, 0.15) is 11.6 Å². The molecule has 0 bridgehead atoms. The highest BCUT2D eigenvalue weighted by Gasteiger charge is 2.31. The van der Waals surface area contributed by atoms with Crippen molar-refractivity contribution in [3.8, 4) is 5.75 Å². The van der Waals surface area contributed by atoms with Gasteiger partial charge >= 0.3 is 0 Å². The van der Waals surface area contributed by atoms with Gasteiger partial charge in [-0.05, 0) is 25.5 Å². The van der Waals surface area contributed by atoms with Crippen LogP contribution in [-0.2, 0) is 11.3 Å². The summed E-state index contributed by atoms with van der Waals surface area (Å²) in [6.45, 7) is 4.29. The number of nitrogens with one attached hydrogen (secondary N) is 1. The smallest absolute Gasteiger partial charge is 0.131 e. The number of hydrogen-bond acceptors (Lipinski definition) is 4. The molecule has 5 heteroatoms. The second-order valence-electron chi connectivity index (χ2n) is 5.83. The van der Waals surface area contributed by atoms with Crippen LogP contribution in [0.4, 0.5) is 4.39 Å². The van der Waals surface area contributed by atoms with Crippen LogP contribution < -0.4 is 10.1 Å². The molecule has 0 radical (unpaired) electrons. The largest absolute Gasteiger partial charge is 0.497 e. The third kappa shape index (κ3) is 3.54. The zero-order valence-electron chi connectivity index (χ0n) is 12.5. The van der Waals surface area contributed by atoms with Crippen molar-refractivity contribution in [3.63, 3.8) is 0 Å². The number of ether oxygens (including phenoxy) is 2. The summed E-state index contributed by atoms with van der Waals surface area (Å²) in [7, 11) is 1.54. The van der Waals surface area contributed by atoms with E-state index in [0.717, 1.165) is 19.7 Å². The topological polar surface area (TPSA) is 33.7 Å². The fraction of sp³-hybridized carbons (Fsp3) is 0.625. The number of morpholine rings is 1. The normalized spacial score (nSPS) is 25.8. The fourth-order valence-electron chi connectivity index (χ4n) is 3.18. The molecule has 2 atom stereocenters. The number of halogens is 1. The van der Waals surface area contributed by atoms with Crippen LogP contribution >= 0.6 is 0 Å². The van der Waals surface area contributed by atoms with E-state index in [1.165, 1.54) is 25.5 Å². The van der Waals surface area contributed by atoms with E-state index in [1.54, 1.807) is 19.2 Å². The van der Waals surface area contributed by atoms with Crippen LogP contribution in [0.1, 0.15) is 18.4 Å². The van der Waals surface area contributed by atoms with Crippen molar-refractivity contribution < 1.29 is 13.9 Å². The Hall–Kier alpha value is -1.17. The summed E-state index contributed by atoms with van der Waals surface area (Å²) in [5.41, 5.74) is 0.658. The lowest BCUT2D eigenvalue weighted by molar-refractivity contribution is -0.0470. The summed E-state index contributed by atoms with van der Waals surface area (Å²) in [5.74, 6) is 0.318. The molecule has 0 saturated carbocycles. The Morgan fingerprint density at radius 2 is 2.38 bits per heavy atom. The molecule has 2 unspecified atom stereocenters. The third-order valence-electron chi connectivity index (χ3n) is 4.41. The molecule has 0 amide bonds. The van der Waals surface area contributed by atoms with Crippen molar-refractivity contribution in [1.29, 1.82) is 0 Å². The molecule has 2 fully saturated rings. The van der Waals surface area contributed by atoms with Gasteiger partial charge < -0.3 is 14.8 Å². The molecule has 1 N–H and O–H groups in total. The number of benzene rings is 1.